The average molecular weight is 438 g/mol. The van der Waals surface area contributed by atoms with Gasteiger partial charge < -0.3 is 5.32 Å². The summed E-state index contributed by atoms with van der Waals surface area (Å²) in [6.45, 7) is 0.420. The van der Waals surface area contributed by atoms with Gasteiger partial charge in [-0.3, -0.25) is 4.79 Å². The first-order chi connectivity index (χ1) is 13.3. The molecule has 1 amide bonds. The monoisotopic (exact) mass is 437 g/mol. The number of piperidine rings is 1. The molecule has 0 saturated carbocycles. The van der Waals surface area contributed by atoms with Crippen LogP contribution in [0.1, 0.15) is 18.4 Å². The van der Waals surface area contributed by atoms with Gasteiger partial charge in [0.05, 0.1) is 16.7 Å². The van der Waals surface area contributed by atoms with Gasteiger partial charge in [-0.15, -0.1) is 0 Å². The number of amides is 1. The molecule has 1 aliphatic heterocycles. The summed E-state index contributed by atoms with van der Waals surface area (Å²) in [6.07, 6.45) is 0.780. The molecule has 1 saturated heterocycles. The average Bonchev–Trinajstić information content (AvgIpc) is 2.70. The molecule has 1 heterocycles. The van der Waals surface area contributed by atoms with Gasteiger partial charge in [0.2, 0.25) is 15.9 Å². The molecule has 9 heteroatoms. The van der Waals surface area contributed by atoms with E-state index < -0.39 is 10.0 Å². The number of halogens is 2. The second-order valence-electron chi connectivity index (χ2n) is 6.43. The molecule has 0 aliphatic carbocycles. The number of nitrogens with zero attached hydrogens (tertiary/aromatic N) is 2. The number of sulfonamides is 1. The number of hydrogen-bond donors (Lipinski definition) is 1. The number of carbonyl (C=O) groups is 1. The topological polar surface area (TPSA) is 90.3 Å². The van der Waals surface area contributed by atoms with Gasteiger partial charge in [0.25, 0.3) is 0 Å². The zero-order valence-corrected chi connectivity index (χ0v) is 17.1. The standard InChI is InChI=1S/C19H17Cl2N3O3S/c20-15-4-5-17(21)18(11-15)28(26,27)24-8-6-14(7-9-24)19(25)23-16-3-1-2-13(10-16)12-22/h1-5,10-11,14H,6-9H2,(H,23,25). The zero-order valence-electron chi connectivity index (χ0n) is 14.7. The van der Waals surface area contributed by atoms with E-state index in [4.69, 9.17) is 28.5 Å². The smallest absolute Gasteiger partial charge is 0.244 e. The van der Waals surface area contributed by atoms with Gasteiger partial charge in [-0.1, -0.05) is 29.3 Å². The van der Waals surface area contributed by atoms with Gasteiger partial charge >= 0.3 is 0 Å². The molecule has 0 aromatic heterocycles. The largest absolute Gasteiger partial charge is 0.326 e. The Balaban J connectivity index is 1.66. The lowest BCUT2D eigenvalue weighted by Crippen LogP contribution is -2.41. The Kier molecular flexibility index (Phi) is 6.26. The highest BCUT2D eigenvalue weighted by molar-refractivity contribution is 7.89. The summed E-state index contributed by atoms with van der Waals surface area (Å²) in [5.41, 5.74) is 1.00. The molecule has 0 bridgehead atoms. The van der Waals surface area contributed by atoms with Crippen LogP contribution in [0.2, 0.25) is 10.0 Å². The molecule has 2 aromatic rings. The lowest BCUT2D eigenvalue weighted by Gasteiger charge is -2.30. The second kappa shape index (κ2) is 8.50. The summed E-state index contributed by atoms with van der Waals surface area (Å²) in [6, 6.07) is 13.0. The molecule has 146 valence electrons. The van der Waals surface area contributed by atoms with Gasteiger partial charge in [-0.25, -0.2) is 8.42 Å². The minimum absolute atomic E-state index is 0.0297. The van der Waals surface area contributed by atoms with Gasteiger partial charge in [0.1, 0.15) is 4.90 Å². The molecule has 1 aliphatic rings. The second-order valence-corrected chi connectivity index (χ2v) is 9.18. The van der Waals surface area contributed by atoms with Crippen molar-refractivity contribution in [3.63, 3.8) is 0 Å². The van der Waals surface area contributed by atoms with E-state index in [9.17, 15) is 13.2 Å². The third-order valence-corrected chi connectivity index (χ3v) is 7.21. The van der Waals surface area contributed by atoms with Crippen molar-refractivity contribution in [1.29, 1.82) is 5.26 Å². The van der Waals surface area contributed by atoms with Crippen LogP contribution in [-0.4, -0.2) is 31.7 Å². The molecule has 3 rings (SSSR count). The van der Waals surface area contributed by atoms with Crippen LogP contribution in [0.5, 0.6) is 0 Å². The Hall–Kier alpha value is -2.11. The van der Waals surface area contributed by atoms with Crippen LogP contribution in [0.15, 0.2) is 47.4 Å². The fourth-order valence-electron chi connectivity index (χ4n) is 3.08. The first kappa shape index (κ1) is 20.6. The lowest BCUT2D eigenvalue weighted by molar-refractivity contribution is -0.120. The first-order valence-electron chi connectivity index (χ1n) is 8.57. The van der Waals surface area contributed by atoms with Crippen molar-refractivity contribution >= 4 is 44.8 Å². The molecule has 1 fully saturated rings. The number of rotatable bonds is 4. The Labute approximate surface area is 173 Å². The van der Waals surface area contributed by atoms with Crippen molar-refractivity contribution in [1.82, 2.24) is 4.31 Å². The highest BCUT2D eigenvalue weighted by atomic mass is 35.5. The summed E-state index contributed by atoms with van der Waals surface area (Å²) < 4.78 is 27.0. The molecule has 2 aromatic carbocycles. The van der Waals surface area contributed by atoms with Crippen LogP contribution in [0.4, 0.5) is 5.69 Å². The first-order valence-corrected chi connectivity index (χ1v) is 10.8. The van der Waals surface area contributed by atoms with Crippen LogP contribution in [-0.2, 0) is 14.8 Å². The van der Waals surface area contributed by atoms with Crippen molar-refractivity contribution in [3.05, 3.63) is 58.1 Å². The molecule has 0 unspecified atom stereocenters. The van der Waals surface area contributed by atoms with Gasteiger partial charge in [0.15, 0.2) is 0 Å². The Morgan fingerprint density at radius 3 is 2.54 bits per heavy atom. The summed E-state index contributed by atoms with van der Waals surface area (Å²) in [7, 11) is -3.78. The number of nitriles is 1. The number of anilines is 1. The maximum Gasteiger partial charge on any atom is 0.244 e. The van der Waals surface area contributed by atoms with E-state index in [1.807, 2.05) is 6.07 Å². The number of hydrogen-bond acceptors (Lipinski definition) is 4. The fourth-order valence-corrected chi connectivity index (χ4v) is 5.29. The highest BCUT2D eigenvalue weighted by Crippen LogP contribution is 2.30. The lowest BCUT2D eigenvalue weighted by atomic mass is 9.97. The van der Waals surface area contributed by atoms with E-state index in [1.165, 1.54) is 22.5 Å². The molecular weight excluding hydrogens is 421 g/mol. The Morgan fingerprint density at radius 2 is 1.86 bits per heavy atom. The minimum atomic E-state index is -3.78. The molecule has 6 nitrogen and oxygen atoms in total. The Morgan fingerprint density at radius 1 is 1.14 bits per heavy atom. The van der Waals surface area contributed by atoms with Crippen molar-refractivity contribution in [3.8, 4) is 6.07 Å². The number of nitrogens with one attached hydrogen (secondary N) is 1. The maximum atomic E-state index is 12.9. The molecule has 1 N–H and O–H groups in total. The summed E-state index contributed by atoms with van der Waals surface area (Å²) >= 11 is 12.0. The minimum Gasteiger partial charge on any atom is -0.326 e. The van der Waals surface area contributed by atoms with E-state index in [0.717, 1.165) is 0 Å². The normalized spacial score (nSPS) is 15.8. The SMILES string of the molecule is N#Cc1cccc(NC(=O)C2CCN(S(=O)(=O)c3cc(Cl)ccc3Cl)CC2)c1. The number of carbonyl (C=O) groups excluding carboxylic acids is 1. The van der Waals surface area contributed by atoms with Gasteiger partial charge in [0, 0.05) is 29.7 Å². The molecule has 28 heavy (non-hydrogen) atoms. The predicted molar refractivity (Wildman–Crippen MR) is 108 cm³/mol. The zero-order chi connectivity index (χ0) is 20.3. The van der Waals surface area contributed by atoms with E-state index in [2.05, 4.69) is 5.32 Å². The van der Waals surface area contributed by atoms with E-state index in [1.54, 1.807) is 24.3 Å². The maximum absolute atomic E-state index is 12.9. The predicted octanol–water partition coefficient (Wildman–Crippen LogP) is 3.90. The van der Waals surface area contributed by atoms with Crippen LogP contribution < -0.4 is 5.32 Å². The van der Waals surface area contributed by atoms with Crippen molar-refractivity contribution < 1.29 is 13.2 Å². The number of benzene rings is 2. The van der Waals surface area contributed by atoms with Crippen molar-refractivity contribution in [2.75, 3.05) is 18.4 Å². The molecule has 0 radical (unpaired) electrons. The summed E-state index contributed by atoms with van der Waals surface area (Å²) in [5, 5.41) is 12.1. The third kappa shape index (κ3) is 4.47. The van der Waals surface area contributed by atoms with E-state index in [0.29, 0.717) is 24.1 Å². The molecule has 0 atom stereocenters. The van der Waals surface area contributed by atoms with Crippen LogP contribution >= 0.6 is 23.2 Å². The van der Waals surface area contributed by atoms with E-state index >= 15 is 0 Å². The molecule has 0 spiro atoms. The fraction of sp³-hybridized carbons (Fsp3) is 0.263. The quantitative estimate of drug-likeness (QED) is 0.784. The van der Waals surface area contributed by atoms with Crippen LogP contribution in [0.3, 0.4) is 0 Å². The van der Waals surface area contributed by atoms with Gasteiger partial charge in [-0.05, 0) is 49.2 Å². The van der Waals surface area contributed by atoms with Crippen LogP contribution in [0, 0.1) is 17.2 Å². The van der Waals surface area contributed by atoms with Crippen molar-refractivity contribution in [2.24, 2.45) is 5.92 Å². The van der Waals surface area contributed by atoms with E-state index in [-0.39, 0.29) is 39.9 Å². The summed E-state index contributed by atoms with van der Waals surface area (Å²) in [4.78, 5) is 12.5. The van der Waals surface area contributed by atoms with Gasteiger partial charge in [-0.2, -0.15) is 9.57 Å². The molecular formula is C19H17Cl2N3O3S. The van der Waals surface area contributed by atoms with Crippen molar-refractivity contribution in [2.45, 2.75) is 17.7 Å². The summed E-state index contributed by atoms with van der Waals surface area (Å²) in [5.74, 6) is -0.500. The Bertz CT molecular complexity index is 1040. The highest BCUT2D eigenvalue weighted by Gasteiger charge is 2.33. The van der Waals surface area contributed by atoms with Crippen LogP contribution in [0.25, 0.3) is 0 Å². The third-order valence-electron chi connectivity index (χ3n) is 4.59.